The van der Waals surface area contributed by atoms with Crippen LogP contribution in [0.25, 0.3) is 5.69 Å². The summed E-state index contributed by atoms with van der Waals surface area (Å²) >= 11 is 0. The number of hydrogen-bond acceptors (Lipinski definition) is 7. The lowest BCUT2D eigenvalue weighted by Gasteiger charge is -2.11. The van der Waals surface area contributed by atoms with Gasteiger partial charge in [0.05, 0.1) is 18.8 Å². The molecule has 2 heterocycles. The number of esters is 1. The number of anilines is 1. The maximum Gasteiger partial charge on any atom is 0.435 e. The number of amides is 2. The molecule has 1 aromatic carbocycles. The smallest absolute Gasteiger partial charge is 0.435 e. The average Bonchev–Trinajstić information content (AvgIpc) is 3.44. The molecule has 0 bridgehead atoms. The van der Waals surface area contributed by atoms with Crippen LogP contribution in [0.3, 0.4) is 0 Å². The van der Waals surface area contributed by atoms with E-state index in [2.05, 4.69) is 20.5 Å². The summed E-state index contributed by atoms with van der Waals surface area (Å²) in [6.45, 7) is 1.57. The van der Waals surface area contributed by atoms with Crippen molar-refractivity contribution in [1.82, 2.24) is 15.1 Å². The van der Waals surface area contributed by atoms with Gasteiger partial charge in [-0.1, -0.05) is 12.1 Å². The molecule has 0 unspecified atom stereocenters. The molecule has 13 heteroatoms. The third-order valence-electron chi connectivity index (χ3n) is 4.50. The third kappa shape index (κ3) is 5.61. The molecular formula is C21H20F3N5O5. The van der Waals surface area contributed by atoms with Gasteiger partial charge in [0.15, 0.2) is 5.69 Å². The minimum atomic E-state index is -4.81. The Morgan fingerprint density at radius 1 is 1.21 bits per heavy atom. The molecule has 0 saturated carbocycles. The highest BCUT2D eigenvalue weighted by atomic mass is 19.4. The van der Waals surface area contributed by atoms with E-state index in [4.69, 9.17) is 10.2 Å². The maximum absolute atomic E-state index is 13.3. The van der Waals surface area contributed by atoms with Crippen molar-refractivity contribution < 1.29 is 36.7 Å². The predicted octanol–water partition coefficient (Wildman–Crippen LogP) is 2.49. The van der Waals surface area contributed by atoms with Crippen LogP contribution in [0.15, 0.2) is 46.9 Å². The number of methoxy groups -OCH3 is 1. The molecule has 2 aromatic heterocycles. The monoisotopic (exact) mass is 479 g/mol. The van der Waals surface area contributed by atoms with E-state index >= 15 is 0 Å². The third-order valence-corrected chi connectivity index (χ3v) is 4.50. The van der Waals surface area contributed by atoms with Crippen LogP contribution in [-0.2, 0) is 22.3 Å². The molecule has 34 heavy (non-hydrogen) atoms. The van der Waals surface area contributed by atoms with Gasteiger partial charge >= 0.3 is 12.1 Å². The van der Waals surface area contributed by atoms with Gasteiger partial charge in [0.1, 0.15) is 5.69 Å². The molecule has 0 radical (unpaired) electrons. The van der Waals surface area contributed by atoms with Crippen molar-refractivity contribution in [3.8, 4) is 5.69 Å². The van der Waals surface area contributed by atoms with E-state index in [1.807, 2.05) is 0 Å². The van der Waals surface area contributed by atoms with Crippen molar-refractivity contribution in [2.45, 2.75) is 25.7 Å². The Morgan fingerprint density at radius 2 is 1.94 bits per heavy atom. The van der Waals surface area contributed by atoms with Crippen LogP contribution >= 0.6 is 0 Å². The van der Waals surface area contributed by atoms with Gasteiger partial charge in [0.2, 0.25) is 17.6 Å². The Balaban J connectivity index is 1.92. The van der Waals surface area contributed by atoms with Crippen molar-refractivity contribution in [2.75, 3.05) is 12.4 Å². The molecule has 180 valence electrons. The maximum atomic E-state index is 13.3. The summed E-state index contributed by atoms with van der Waals surface area (Å²) in [5.74, 6) is -2.56. The summed E-state index contributed by atoms with van der Waals surface area (Å²) in [5, 5.41) is 8.42. The summed E-state index contributed by atoms with van der Waals surface area (Å²) in [4.78, 5) is 36.0. The molecule has 4 N–H and O–H groups in total. The van der Waals surface area contributed by atoms with Crippen molar-refractivity contribution in [1.29, 1.82) is 0 Å². The highest BCUT2D eigenvalue weighted by molar-refractivity contribution is 6.03. The van der Waals surface area contributed by atoms with Gasteiger partial charge in [0, 0.05) is 18.7 Å². The molecule has 0 aliphatic heterocycles. The largest absolute Gasteiger partial charge is 0.463 e. The van der Waals surface area contributed by atoms with Crippen molar-refractivity contribution >= 4 is 23.7 Å². The van der Waals surface area contributed by atoms with Crippen molar-refractivity contribution in [3.05, 3.63) is 65.2 Å². The molecule has 0 aliphatic rings. The van der Waals surface area contributed by atoms with Crippen LogP contribution in [0.5, 0.6) is 0 Å². The first-order chi connectivity index (χ1) is 16.0. The number of ether oxygens (including phenoxy) is 1. The number of nitrogens with one attached hydrogen (secondary N) is 2. The zero-order valence-electron chi connectivity index (χ0n) is 18.0. The van der Waals surface area contributed by atoms with E-state index in [0.717, 1.165) is 11.8 Å². The molecule has 0 spiro atoms. The van der Waals surface area contributed by atoms with Crippen molar-refractivity contribution in [3.63, 3.8) is 0 Å². The second-order valence-electron chi connectivity index (χ2n) is 7.11. The molecular weight excluding hydrogens is 459 g/mol. The lowest BCUT2D eigenvalue weighted by Crippen LogP contribution is -2.37. The highest BCUT2D eigenvalue weighted by Gasteiger charge is 2.36. The summed E-state index contributed by atoms with van der Waals surface area (Å²) in [5.41, 5.74) is 4.44. The molecule has 0 fully saturated rings. The molecule has 1 atom stereocenters. The first-order valence-corrected chi connectivity index (χ1v) is 9.79. The molecule has 3 rings (SSSR count). The second-order valence-corrected chi connectivity index (χ2v) is 7.11. The van der Waals surface area contributed by atoms with Gasteiger partial charge in [0.25, 0.3) is 5.91 Å². The SMILES string of the molecule is COC(=O)c1ccc(NC(=O)c2cc(C(F)(F)F)nn2-c2cccc(CNC(=O)[C@H](C)N)c2)o1. The molecule has 0 aliphatic carbocycles. The summed E-state index contributed by atoms with van der Waals surface area (Å²) in [7, 11) is 1.14. The van der Waals surface area contributed by atoms with E-state index in [-0.39, 0.29) is 23.9 Å². The summed E-state index contributed by atoms with van der Waals surface area (Å²) in [6.07, 6.45) is -4.81. The Bertz CT molecular complexity index is 1220. The number of aromatic nitrogens is 2. The summed E-state index contributed by atoms with van der Waals surface area (Å²) in [6, 6.07) is 8.42. The average molecular weight is 479 g/mol. The van der Waals surface area contributed by atoms with E-state index < -0.39 is 41.4 Å². The number of carbonyl (C=O) groups excluding carboxylic acids is 3. The lowest BCUT2D eigenvalue weighted by atomic mass is 10.2. The Kier molecular flexibility index (Phi) is 7.05. The first kappa shape index (κ1) is 24.5. The number of nitrogens with two attached hydrogens (primary N) is 1. The van der Waals surface area contributed by atoms with E-state index in [9.17, 15) is 27.6 Å². The molecule has 0 saturated heterocycles. The number of carbonyl (C=O) groups is 3. The zero-order valence-corrected chi connectivity index (χ0v) is 18.0. The molecule has 3 aromatic rings. The minimum absolute atomic E-state index is 0.0613. The fourth-order valence-electron chi connectivity index (χ4n) is 2.82. The predicted molar refractivity (Wildman–Crippen MR) is 112 cm³/mol. The molecule has 2 amide bonds. The Hall–Kier alpha value is -4.13. The van der Waals surface area contributed by atoms with E-state index in [1.54, 1.807) is 6.07 Å². The van der Waals surface area contributed by atoms with Crippen molar-refractivity contribution in [2.24, 2.45) is 5.73 Å². The zero-order chi connectivity index (χ0) is 25.0. The number of halogens is 3. The number of rotatable bonds is 7. The fourth-order valence-corrected chi connectivity index (χ4v) is 2.82. The fraction of sp³-hybridized carbons (Fsp3) is 0.238. The lowest BCUT2D eigenvalue weighted by molar-refractivity contribution is -0.141. The topological polar surface area (TPSA) is 141 Å². The standard InChI is InChI=1S/C21H20F3N5O5/c1-11(25)18(30)26-10-12-4-3-5-13(8-12)29-14(9-16(28-29)21(22,23)24)19(31)27-17-7-6-15(34-17)20(32)33-2/h3-9,11H,10,25H2,1-2H3,(H,26,30)(H,27,31)/t11-/m0/s1. The van der Waals surface area contributed by atoms with Gasteiger partial charge < -0.3 is 20.2 Å². The number of hydrogen-bond donors (Lipinski definition) is 3. The van der Waals surface area contributed by atoms with Gasteiger partial charge in [-0.25, -0.2) is 9.48 Å². The normalized spacial score (nSPS) is 12.2. The number of furan rings is 1. The summed E-state index contributed by atoms with van der Waals surface area (Å²) < 4.78 is 50.5. The van der Waals surface area contributed by atoms with Gasteiger partial charge in [-0.2, -0.15) is 18.3 Å². The van der Waals surface area contributed by atoms with Crippen LogP contribution in [0.2, 0.25) is 0 Å². The Labute approximate surface area is 190 Å². The van der Waals surface area contributed by atoms with Crippen LogP contribution < -0.4 is 16.4 Å². The van der Waals surface area contributed by atoms with Crippen LogP contribution in [0.1, 0.15) is 39.2 Å². The molecule has 10 nitrogen and oxygen atoms in total. The Morgan fingerprint density at radius 3 is 2.59 bits per heavy atom. The number of benzene rings is 1. The van der Waals surface area contributed by atoms with Crippen LogP contribution in [0.4, 0.5) is 19.1 Å². The van der Waals surface area contributed by atoms with Crippen LogP contribution in [-0.4, -0.2) is 40.7 Å². The first-order valence-electron chi connectivity index (χ1n) is 9.79. The van der Waals surface area contributed by atoms with E-state index in [0.29, 0.717) is 11.6 Å². The minimum Gasteiger partial charge on any atom is -0.463 e. The number of nitrogens with zero attached hydrogens (tertiary/aromatic N) is 2. The quantitative estimate of drug-likeness (QED) is 0.442. The van der Waals surface area contributed by atoms with Gasteiger partial charge in [-0.05, 0) is 30.7 Å². The second kappa shape index (κ2) is 9.79. The van der Waals surface area contributed by atoms with Crippen LogP contribution in [0, 0.1) is 0 Å². The van der Waals surface area contributed by atoms with E-state index in [1.165, 1.54) is 37.3 Å². The van der Waals surface area contributed by atoms with Gasteiger partial charge in [-0.15, -0.1) is 0 Å². The number of alkyl halides is 3. The highest BCUT2D eigenvalue weighted by Crippen LogP contribution is 2.30. The van der Waals surface area contributed by atoms with Gasteiger partial charge in [-0.3, -0.25) is 14.9 Å².